The number of methoxy groups -OCH3 is 1. The van der Waals surface area contributed by atoms with E-state index in [2.05, 4.69) is 32.8 Å². The van der Waals surface area contributed by atoms with Gasteiger partial charge in [0.05, 0.1) is 59.0 Å². The number of hydrogen-bond donors (Lipinski definition) is 1. The van der Waals surface area contributed by atoms with Crippen molar-refractivity contribution in [2.24, 2.45) is 0 Å². The maximum atomic E-state index is 10.3. The second-order valence-electron chi connectivity index (χ2n) is 8.35. The molecule has 0 aliphatic carbocycles. The summed E-state index contributed by atoms with van der Waals surface area (Å²) in [5, 5.41) is 37.4. The van der Waals surface area contributed by atoms with Crippen LogP contribution in [0.1, 0.15) is 42.0 Å². The van der Waals surface area contributed by atoms with Crippen LogP contribution in [-0.4, -0.2) is 71.0 Å². The monoisotopic (exact) mass is 622 g/mol. The van der Waals surface area contributed by atoms with Gasteiger partial charge in [0, 0.05) is 20.3 Å². The first kappa shape index (κ1) is 36.0. The van der Waals surface area contributed by atoms with Crippen molar-refractivity contribution in [1.29, 1.82) is 0 Å². The summed E-state index contributed by atoms with van der Waals surface area (Å²) in [5.74, 6) is -0.346. The number of aromatic nitrogens is 4. The summed E-state index contributed by atoms with van der Waals surface area (Å²) in [7, 11) is 1.60. The van der Waals surface area contributed by atoms with E-state index in [0.29, 0.717) is 6.54 Å². The molecule has 15 heteroatoms. The average molecular weight is 622 g/mol. The van der Waals surface area contributed by atoms with Crippen molar-refractivity contribution in [2.75, 3.05) is 25.3 Å². The first-order valence-corrected chi connectivity index (χ1v) is 12.6. The predicted octanol–water partition coefficient (Wildman–Crippen LogP) is 0.743. The number of rotatable bonds is 7. The Bertz CT molecular complexity index is 865. The molecule has 1 aliphatic heterocycles. The molecule has 0 amide bonds. The Kier molecular flexibility index (Phi) is 18.6. The summed E-state index contributed by atoms with van der Waals surface area (Å²) in [5.41, 5.74) is -1.29. The molecule has 3 heterocycles. The zero-order valence-corrected chi connectivity index (χ0v) is 25.7. The van der Waals surface area contributed by atoms with Crippen LogP contribution < -0.4 is 29.6 Å². The molecule has 2 aromatic rings. The van der Waals surface area contributed by atoms with E-state index in [-0.39, 0.29) is 54.8 Å². The number of aliphatic hydroxyl groups is 1. The Morgan fingerprint density at radius 2 is 1.43 bits per heavy atom. The van der Waals surface area contributed by atoms with Gasteiger partial charge in [0.25, 0.3) is 0 Å². The van der Waals surface area contributed by atoms with Crippen LogP contribution in [0.25, 0.3) is 0 Å². The molecule has 1 saturated heterocycles. The van der Waals surface area contributed by atoms with Crippen molar-refractivity contribution in [3.05, 3.63) is 44.8 Å². The Balaban J connectivity index is -0.000000459. The van der Waals surface area contributed by atoms with E-state index in [9.17, 15) is 25.3 Å². The van der Waals surface area contributed by atoms with Gasteiger partial charge in [-0.3, -0.25) is 0 Å². The normalized spacial score (nSPS) is 12.6. The quantitative estimate of drug-likeness (QED) is 0.155. The second kappa shape index (κ2) is 18.1. The zero-order chi connectivity index (χ0) is 26.4. The molecule has 3 rings (SSSR count). The van der Waals surface area contributed by atoms with Gasteiger partial charge in [-0.1, -0.05) is 22.6 Å². The number of alkyl halides is 1. The molecule has 0 saturated carbocycles. The van der Waals surface area contributed by atoms with Crippen molar-refractivity contribution in [1.82, 2.24) is 19.6 Å². The fourth-order valence-corrected chi connectivity index (χ4v) is 2.43. The summed E-state index contributed by atoms with van der Waals surface area (Å²) in [6, 6.07) is 2.66. The van der Waals surface area contributed by atoms with Crippen molar-refractivity contribution >= 4 is 34.2 Å². The molecule has 1 N–H and O–H groups in total. The topological polar surface area (TPSA) is 161 Å². The van der Waals surface area contributed by atoms with Gasteiger partial charge in [-0.2, -0.15) is 9.36 Å². The standard InChI is InChI=1S/C8H13N3O3.C7H11N3O3.C4H8O.CH3I.Na.H/c1-8(2,14-3)6-10-5-4-7(9-10)11(12)13;1-7(2,11)5-9-4-3-6(8-9)10(12)13;1-2-4-5-3-1;1-2;;/h4-5H,6H2,1-3H3;3-4,11H,5H2,1-2H3;1-4H2;1H3;;/q;;;;+1;-1. The smallest absolute Gasteiger partial charge is 1.00 e. The fraction of sp³-hybridized carbons (Fsp3) is 0.700. The van der Waals surface area contributed by atoms with E-state index in [0.717, 1.165) is 13.2 Å². The average Bonchev–Trinajstić information content (AvgIpc) is 3.52. The van der Waals surface area contributed by atoms with Crippen molar-refractivity contribution in [3.8, 4) is 0 Å². The maximum absolute atomic E-state index is 10.3. The molecule has 0 aromatic carbocycles. The van der Waals surface area contributed by atoms with Gasteiger partial charge in [0.1, 0.15) is 0 Å². The molecule has 0 bridgehead atoms. The van der Waals surface area contributed by atoms with Crippen LogP contribution in [-0.2, 0) is 22.6 Å². The Labute approximate surface area is 242 Å². The molecule has 1 fully saturated rings. The molecular formula is C20H36IN6NaO7. The Morgan fingerprint density at radius 3 is 1.69 bits per heavy atom. The third-order valence-electron chi connectivity index (χ3n) is 4.10. The molecule has 0 spiro atoms. The largest absolute Gasteiger partial charge is 1.00 e. The number of hydrogen-bond acceptors (Lipinski definition) is 9. The number of ether oxygens (including phenoxy) is 2. The van der Waals surface area contributed by atoms with Crippen LogP contribution in [0.15, 0.2) is 24.5 Å². The van der Waals surface area contributed by atoms with Gasteiger partial charge in [-0.05, 0) is 55.3 Å². The summed E-state index contributed by atoms with van der Waals surface area (Å²) >= 11 is 2.15. The first-order chi connectivity index (χ1) is 15.8. The molecule has 13 nitrogen and oxygen atoms in total. The van der Waals surface area contributed by atoms with E-state index < -0.39 is 15.4 Å². The summed E-state index contributed by atoms with van der Waals surface area (Å²) in [6.07, 6.45) is 5.59. The molecule has 0 radical (unpaired) electrons. The molecule has 1 aliphatic rings. The van der Waals surface area contributed by atoms with Crippen LogP contribution in [0.3, 0.4) is 0 Å². The van der Waals surface area contributed by atoms with Crippen LogP contribution in [0.5, 0.6) is 0 Å². The summed E-state index contributed by atoms with van der Waals surface area (Å²) in [4.78, 5) is 21.5. The summed E-state index contributed by atoms with van der Waals surface area (Å²) < 4.78 is 13.0. The van der Waals surface area contributed by atoms with Gasteiger partial charge in [0.2, 0.25) is 0 Å². The molecule has 2 aromatic heterocycles. The molecule has 0 unspecified atom stereocenters. The SMILES string of the molecule is C1CCOC1.CC(C)(O)Cn1ccc([N+](=O)[O-])n1.CI.COC(C)(C)Cn1ccc([N+](=O)[O-])n1.[H-].[Na+]. The van der Waals surface area contributed by atoms with Gasteiger partial charge < -0.3 is 36.2 Å². The van der Waals surface area contributed by atoms with Crippen LogP contribution in [0.2, 0.25) is 0 Å². The molecule has 196 valence electrons. The Hall–Kier alpha value is -1.17. The van der Waals surface area contributed by atoms with E-state index in [4.69, 9.17) is 9.47 Å². The third kappa shape index (κ3) is 17.0. The number of nitro groups is 2. The van der Waals surface area contributed by atoms with Crippen LogP contribution in [0.4, 0.5) is 11.6 Å². The van der Waals surface area contributed by atoms with E-state index in [1.54, 1.807) is 27.2 Å². The first-order valence-electron chi connectivity index (χ1n) is 10.4. The molecule has 0 atom stereocenters. The van der Waals surface area contributed by atoms with E-state index in [1.165, 1.54) is 40.5 Å². The second-order valence-corrected chi connectivity index (χ2v) is 8.35. The fourth-order valence-electron chi connectivity index (χ4n) is 2.43. The van der Waals surface area contributed by atoms with Crippen molar-refractivity contribution in [2.45, 2.75) is 64.8 Å². The number of nitrogens with zero attached hydrogens (tertiary/aromatic N) is 6. The minimum absolute atomic E-state index is 0. The van der Waals surface area contributed by atoms with E-state index >= 15 is 0 Å². The van der Waals surface area contributed by atoms with Gasteiger partial charge >= 0.3 is 41.2 Å². The van der Waals surface area contributed by atoms with Gasteiger partial charge in [-0.15, -0.1) is 0 Å². The Morgan fingerprint density at radius 1 is 1.03 bits per heavy atom. The summed E-state index contributed by atoms with van der Waals surface area (Å²) in [6.45, 7) is 9.72. The zero-order valence-electron chi connectivity index (χ0n) is 22.5. The molecular weight excluding hydrogens is 586 g/mol. The predicted molar refractivity (Wildman–Crippen MR) is 136 cm³/mol. The van der Waals surface area contributed by atoms with Gasteiger partial charge in [-0.25, -0.2) is 0 Å². The number of halogens is 1. The van der Waals surface area contributed by atoms with E-state index in [1.807, 2.05) is 18.8 Å². The van der Waals surface area contributed by atoms with Crippen LogP contribution >= 0.6 is 22.6 Å². The van der Waals surface area contributed by atoms with Gasteiger partial charge in [0.15, 0.2) is 0 Å². The minimum Gasteiger partial charge on any atom is -1.00 e. The maximum Gasteiger partial charge on any atom is 1.00 e. The van der Waals surface area contributed by atoms with Crippen molar-refractivity contribution < 1.29 is 55.4 Å². The van der Waals surface area contributed by atoms with Crippen LogP contribution in [0, 0.1) is 20.2 Å². The third-order valence-corrected chi connectivity index (χ3v) is 4.10. The minimum atomic E-state index is -0.917. The molecule has 35 heavy (non-hydrogen) atoms. The van der Waals surface area contributed by atoms with Crippen molar-refractivity contribution in [3.63, 3.8) is 0 Å².